The molecule has 0 amide bonds. The van der Waals surface area contributed by atoms with Crippen LogP contribution >= 0.6 is 0 Å². The molecule has 0 bridgehead atoms. The largest absolute Gasteiger partial charge is 0.396 e. The minimum atomic E-state index is -0.202. The van der Waals surface area contributed by atoms with Gasteiger partial charge in [0.1, 0.15) is 5.82 Å². The first-order valence-electron chi connectivity index (χ1n) is 8.71. The molecule has 0 radical (unpaired) electrons. The zero-order valence-corrected chi connectivity index (χ0v) is 13.9. The van der Waals surface area contributed by atoms with Crippen LogP contribution in [0.2, 0.25) is 0 Å². The van der Waals surface area contributed by atoms with Crippen LogP contribution in [0.1, 0.15) is 19.3 Å². The number of aliphatic hydroxyl groups excluding tert-OH is 1. The van der Waals surface area contributed by atoms with Gasteiger partial charge in [0.15, 0.2) is 0 Å². The van der Waals surface area contributed by atoms with Crippen LogP contribution < -0.4 is 10.2 Å². The molecule has 1 saturated heterocycles. The van der Waals surface area contributed by atoms with E-state index in [1.54, 1.807) is 12.1 Å². The predicted octanol–water partition coefficient (Wildman–Crippen LogP) is 3.43. The van der Waals surface area contributed by atoms with Gasteiger partial charge in [-0.2, -0.15) is 0 Å². The van der Waals surface area contributed by atoms with Crippen molar-refractivity contribution in [3.05, 3.63) is 54.3 Å². The van der Waals surface area contributed by atoms with E-state index in [9.17, 15) is 4.39 Å². The van der Waals surface area contributed by atoms with Crippen molar-refractivity contribution in [2.24, 2.45) is 0 Å². The molecule has 0 saturated carbocycles. The van der Waals surface area contributed by atoms with Gasteiger partial charge in [0.25, 0.3) is 0 Å². The SMILES string of the molecule is OCCCNC1CCN(c2ccc(-c3cccc(F)c3)cc2)CC1. The van der Waals surface area contributed by atoms with E-state index in [1.165, 1.54) is 11.8 Å². The van der Waals surface area contributed by atoms with E-state index in [-0.39, 0.29) is 12.4 Å². The second kappa shape index (κ2) is 8.27. The first-order valence-corrected chi connectivity index (χ1v) is 8.71. The minimum absolute atomic E-state index is 0.202. The second-order valence-corrected chi connectivity index (χ2v) is 6.35. The van der Waals surface area contributed by atoms with E-state index in [1.807, 2.05) is 6.07 Å². The Balaban J connectivity index is 1.57. The molecular formula is C20H25FN2O. The van der Waals surface area contributed by atoms with E-state index in [2.05, 4.69) is 34.5 Å². The van der Waals surface area contributed by atoms with E-state index in [0.717, 1.165) is 50.0 Å². The fourth-order valence-electron chi connectivity index (χ4n) is 3.26. The summed E-state index contributed by atoms with van der Waals surface area (Å²) in [4.78, 5) is 2.40. The maximum absolute atomic E-state index is 13.3. The fraction of sp³-hybridized carbons (Fsp3) is 0.400. The van der Waals surface area contributed by atoms with E-state index in [4.69, 9.17) is 5.11 Å². The van der Waals surface area contributed by atoms with Gasteiger partial charge in [-0.05, 0) is 61.2 Å². The van der Waals surface area contributed by atoms with Gasteiger partial charge in [-0.3, -0.25) is 0 Å². The Morgan fingerprint density at radius 2 is 1.79 bits per heavy atom. The number of aliphatic hydroxyl groups is 1. The van der Waals surface area contributed by atoms with Crippen molar-refractivity contribution in [2.45, 2.75) is 25.3 Å². The molecule has 2 aromatic carbocycles. The molecule has 0 aliphatic carbocycles. The third-order valence-electron chi connectivity index (χ3n) is 4.65. The lowest BCUT2D eigenvalue weighted by molar-refractivity contribution is 0.280. The Bertz CT molecular complexity index is 636. The van der Waals surface area contributed by atoms with Crippen LogP contribution in [0.3, 0.4) is 0 Å². The average Bonchev–Trinajstić information content (AvgIpc) is 2.63. The number of benzene rings is 2. The Labute approximate surface area is 143 Å². The first-order chi connectivity index (χ1) is 11.8. The third kappa shape index (κ3) is 4.34. The Hall–Kier alpha value is -1.91. The second-order valence-electron chi connectivity index (χ2n) is 6.35. The van der Waals surface area contributed by atoms with Crippen molar-refractivity contribution in [3.63, 3.8) is 0 Å². The van der Waals surface area contributed by atoms with Gasteiger partial charge in [0.05, 0.1) is 0 Å². The summed E-state index contributed by atoms with van der Waals surface area (Å²) >= 11 is 0. The Morgan fingerprint density at radius 3 is 2.46 bits per heavy atom. The van der Waals surface area contributed by atoms with E-state index >= 15 is 0 Å². The summed E-state index contributed by atoms with van der Waals surface area (Å²) in [6, 6.07) is 15.6. The number of nitrogens with zero attached hydrogens (tertiary/aromatic N) is 1. The molecule has 1 heterocycles. The molecule has 3 nitrogen and oxygen atoms in total. The van der Waals surface area contributed by atoms with Crippen LogP contribution in [-0.2, 0) is 0 Å². The molecular weight excluding hydrogens is 303 g/mol. The van der Waals surface area contributed by atoms with Crippen molar-refractivity contribution >= 4 is 5.69 Å². The highest BCUT2D eigenvalue weighted by Crippen LogP contribution is 2.25. The molecule has 1 fully saturated rings. The molecule has 2 N–H and O–H groups in total. The van der Waals surface area contributed by atoms with Crippen molar-refractivity contribution in [2.75, 3.05) is 31.1 Å². The Kier molecular flexibility index (Phi) is 5.83. The molecule has 0 unspecified atom stereocenters. The normalized spacial score (nSPS) is 15.7. The molecule has 1 aliphatic rings. The number of hydrogen-bond donors (Lipinski definition) is 2. The van der Waals surface area contributed by atoms with Crippen molar-refractivity contribution in [1.29, 1.82) is 0 Å². The highest BCUT2D eigenvalue weighted by molar-refractivity contribution is 5.66. The summed E-state index contributed by atoms with van der Waals surface area (Å²) in [5.41, 5.74) is 3.18. The van der Waals surface area contributed by atoms with Crippen LogP contribution in [0.25, 0.3) is 11.1 Å². The lowest BCUT2D eigenvalue weighted by Crippen LogP contribution is -2.42. The average molecular weight is 328 g/mol. The van der Waals surface area contributed by atoms with Crippen molar-refractivity contribution < 1.29 is 9.50 Å². The number of anilines is 1. The van der Waals surface area contributed by atoms with E-state index in [0.29, 0.717) is 6.04 Å². The molecule has 0 aromatic heterocycles. The molecule has 4 heteroatoms. The zero-order chi connectivity index (χ0) is 16.8. The smallest absolute Gasteiger partial charge is 0.123 e. The molecule has 1 aliphatic heterocycles. The first kappa shape index (κ1) is 16.9. The van der Waals surface area contributed by atoms with Gasteiger partial charge >= 0.3 is 0 Å². The van der Waals surface area contributed by atoms with Crippen LogP contribution in [0, 0.1) is 5.82 Å². The van der Waals surface area contributed by atoms with Gasteiger partial charge in [-0.15, -0.1) is 0 Å². The third-order valence-corrected chi connectivity index (χ3v) is 4.65. The number of nitrogens with one attached hydrogen (secondary N) is 1. The molecule has 128 valence electrons. The molecule has 0 spiro atoms. The summed E-state index contributed by atoms with van der Waals surface area (Å²) in [5.74, 6) is -0.202. The predicted molar refractivity (Wildman–Crippen MR) is 96.8 cm³/mol. The summed E-state index contributed by atoms with van der Waals surface area (Å²) in [6.07, 6.45) is 3.07. The minimum Gasteiger partial charge on any atom is -0.396 e. The number of hydrogen-bond acceptors (Lipinski definition) is 3. The topological polar surface area (TPSA) is 35.5 Å². The summed E-state index contributed by atoms with van der Waals surface area (Å²) in [5, 5.41) is 12.3. The standard InChI is InChI=1S/C20H25FN2O/c21-18-4-1-3-17(15-18)16-5-7-20(8-6-16)23-12-9-19(10-13-23)22-11-2-14-24/h1,3-8,15,19,22,24H,2,9-14H2. The summed E-state index contributed by atoms with van der Waals surface area (Å²) in [7, 11) is 0. The number of piperidine rings is 1. The Morgan fingerprint density at radius 1 is 1.04 bits per heavy atom. The van der Waals surface area contributed by atoms with Crippen LogP contribution in [-0.4, -0.2) is 37.4 Å². The number of halogens is 1. The van der Waals surface area contributed by atoms with Crippen molar-refractivity contribution in [3.8, 4) is 11.1 Å². The highest BCUT2D eigenvalue weighted by Gasteiger charge is 2.18. The fourth-order valence-corrected chi connectivity index (χ4v) is 3.26. The summed E-state index contributed by atoms with van der Waals surface area (Å²) in [6.45, 7) is 3.22. The van der Waals surface area contributed by atoms with Crippen LogP contribution in [0.15, 0.2) is 48.5 Å². The van der Waals surface area contributed by atoms with Gasteiger partial charge in [0, 0.05) is 31.4 Å². The maximum atomic E-state index is 13.3. The number of rotatable bonds is 6. The molecule has 3 rings (SSSR count). The lowest BCUT2D eigenvalue weighted by Gasteiger charge is -2.34. The lowest BCUT2D eigenvalue weighted by atomic mass is 10.0. The monoisotopic (exact) mass is 328 g/mol. The zero-order valence-electron chi connectivity index (χ0n) is 13.9. The van der Waals surface area contributed by atoms with E-state index < -0.39 is 0 Å². The highest BCUT2D eigenvalue weighted by atomic mass is 19.1. The molecule has 24 heavy (non-hydrogen) atoms. The van der Waals surface area contributed by atoms with Crippen molar-refractivity contribution in [1.82, 2.24) is 5.32 Å². The molecule has 0 atom stereocenters. The van der Waals surface area contributed by atoms with Gasteiger partial charge in [-0.1, -0.05) is 24.3 Å². The van der Waals surface area contributed by atoms with Crippen LogP contribution in [0.5, 0.6) is 0 Å². The summed E-state index contributed by atoms with van der Waals surface area (Å²) < 4.78 is 13.3. The quantitative estimate of drug-likeness (QED) is 0.798. The van der Waals surface area contributed by atoms with Crippen LogP contribution in [0.4, 0.5) is 10.1 Å². The van der Waals surface area contributed by atoms with Gasteiger partial charge < -0.3 is 15.3 Å². The molecule has 2 aromatic rings. The maximum Gasteiger partial charge on any atom is 0.123 e. The van der Waals surface area contributed by atoms with Gasteiger partial charge in [0.2, 0.25) is 0 Å². The van der Waals surface area contributed by atoms with Gasteiger partial charge in [-0.25, -0.2) is 4.39 Å².